The molecule has 0 aliphatic carbocycles. The predicted octanol–water partition coefficient (Wildman–Crippen LogP) is 0.532. The van der Waals surface area contributed by atoms with Gasteiger partial charge in [0.15, 0.2) is 0 Å². The van der Waals surface area contributed by atoms with Gasteiger partial charge in [-0.25, -0.2) is 9.59 Å². The largest absolute Gasteiger partial charge is 0.467 e. The maximum absolute atomic E-state index is 11.6. The number of ether oxygens (including phenoxy) is 1. The van der Waals surface area contributed by atoms with Gasteiger partial charge in [0, 0.05) is 6.54 Å². The molecule has 6 nitrogen and oxygen atoms in total. The van der Waals surface area contributed by atoms with Crippen LogP contribution in [0, 0.1) is 0 Å². The summed E-state index contributed by atoms with van der Waals surface area (Å²) in [6, 6.07) is -0.901. The van der Waals surface area contributed by atoms with Crippen LogP contribution >= 0.6 is 11.8 Å². The second kappa shape index (κ2) is 10.9. The highest BCUT2D eigenvalue weighted by Gasteiger charge is 2.20. The molecule has 19 heavy (non-hydrogen) atoms. The van der Waals surface area contributed by atoms with E-state index in [4.69, 9.17) is 0 Å². The third kappa shape index (κ3) is 9.61. The summed E-state index contributed by atoms with van der Waals surface area (Å²) in [6.07, 6.45) is 3.39. The molecule has 0 aliphatic heterocycles. The lowest BCUT2D eigenvalue weighted by atomic mass is 10.2. The first-order valence-electron chi connectivity index (χ1n) is 6.27. The van der Waals surface area contributed by atoms with Gasteiger partial charge >= 0.3 is 12.0 Å². The first kappa shape index (κ1) is 18.0. The third-order valence-electron chi connectivity index (χ3n) is 2.47. The predicted molar refractivity (Wildman–Crippen MR) is 78.5 cm³/mol. The van der Waals surface area contributed by atoms with E-state index in [-0.39, 0.29) is 6.03 Å². The van der Waals surface area contributed by atoms with Crippen LogP contribution in [0.4, 0.5) is 4.79 Å². The van der Waals surface area contributed by atoms with Crippen LogP contribution in [0.2, 0.25) is 0 Å². The van der Waals surface area contributed by atoms with Crippen LogP contribution in [0.25, 0.3) is 0 Å². The SMILES string of the molecule is COC(=O)C(CCSC)NC(=O)NCCCN(C)C. The number of hydrogen-bond donors (Lipinski definition) is 2. The number of urea groups is 1. The zero-order valence-corrected chi connectivity index (χ0v) is 13.0. The van der Waals surface area contributed by atoms with E-state index in [2.05, 4.69) is 20.3 Å². The van der Waals surface area contributed by atoms with Crippen LogP contribution in [0.3, 0.4) is 0 Å². The Balaban J connectivity index is 3.98. The Bertz CT molecular complexity index is 275. The fraction of sp³-hybridized carbons (Fsp3) is 0.833. The standard InChI is InChI=1S/C12H25N3O3S/c1-15(2)8-5-7-13-12(17)14-10(6-9-19-4)11(16)18-3/h10H,5-9H2,1-4H3,(H2,13,14,17). The lowest BCUT2D eigenvalue weighted by molar-refractivity contribution is -0.142. The van der Waals surface area contributed by atoms with Crippen LogP contribution in [0.1, 0.15) is 12.8 Å². The molecule has 0 aromatic heterocycles. The average molecular weight is 291 g/mol. The lowest BCUT2D eigenvalue weighted by Crippen LogP contribution is -2.47. The molecular weight excluding hydrogens is 266 g/mol. The van der Waals surface area contributed by atoms with Crippen molar-refractivity contribution in [1.29, 1.82) is 0 Å². The van der Waals surface area contributed by atoms with Crippen molar-refractivity contribution in [2.45, 2.75) is 18.9 Å². The molecule has 0 rings (SSSR count). The molecule has 2 N–H and O–H groups in total. The van der Waals surface area contributed by atoms with Gasteiger partial charge in [-0.05, 0) is 45.5 Å². The van der Waals surface area contributed by atoms with Gasteiger partial charge in [-0.3, -0.25) is 0 Å². The number of esters is 1. The zero-order valence-electron chi connectivity index (χ0n) is 12.2. The number of rotatable bonds is 9. The van der Waals surface area contributed by atoms with Crippen LogP contribution in [0.5, 0.6) is 0 Å². The van der Waals surface area contributed by atoms with Gasteiger partial charge in [-0.1, -0.05) is 0 Å². The van der Waals surface area contributed by atoms with Gasteiger partial charge in [0.1, 0.15) is 6.04 Å². The first-order valence-corrected chi connectivity index (χ1v) is 7.66. The highest BCUT2D eigenvalue weighted by atomic mass is 32.2. The molecule has 1 atom stereocenters. The van der Waals surface area contributed by atoms with Gasteiger partial charge in [-0.15, -0.1) is 0 Å². The minimum absolute atomic E-state index is 0.324. The van der Waals surface area contributed by atoms with E-state index in [9.17, 15) is 9.59 Å². The van der Waals surface area contributed by atoms with Crippen molar-refractivity contribution in [1.82, 2.24) is 15.5 Å². The fourth-order valence-electron chi connectivity index (χ4n) is 1.43. The van der Waals surface area contributed by atoms with Crippen LogP contribution in [-0.4, -0.2) is 69.2 Å². The minimum Gasteiger partial charge on any atom is -0.467 e. The highest BCUT2D eigenvalue weighted by molar-refractivity contribution is 7.98. The first-order chi connectivity index (χ1) is 9.01. The van der Waals surface area contributed by atoms with Gasteiger partial charge in [0.25, 0.3) is 0 Å². The Morgan fingerprint density at radius 1 is 1.37 bits per heavy atom. The lowest BCUT2D eigenvalue weighted by Gasteiger charge is -2.16. The summed E-state index contributed by atoms with van der Waals surface area (Å²) >= 11 is 1.62. The number of nitrogens with zero attached hydrogens (tertiary/aromatic N) is 1. The molecule has 0 aromatic carbocycles. The highest BCUT2D eigenvalue weighted by Crippen LogP contribution is 2.02. The van der Waals surface area contributed by atoms with Crippen LogP contribution in [-0.2, 0) is 9.53 Å². The van der Waals surface area contributed by atoms with Crippen molar-refractivity contribution in [3.05, 3.63) is 0 Å². The van der Waals surface area contributed by atoms with Gasteiger partial charge in [-0.2, -0.15) is 11.8 Å². The van der Waals surface area contributed by atoms with E-state index >= 15 is 0 Å². The van der Waals surface area contributed by atoms with Crippen molar-refractivity contribution >= 4 is 23.8 Å². The minimum atomic E-state index is -0.578. The zero-order chi connectivity index (χ0) is 14.7. The van der Waals surface area contributed by atoms with Gasteiger partial charge in [0.05, 0.1) is 7.11 Å². The Labute approximate surface area is 119 Å². The van der Waals surface area contributed by atoms with E-state index in [0.29, 0.717) is 13.0 Å². The molecule has 2 amide bonds. The number of carbonyl (C=O) groups is 2. The van der Waals surface area contributed by atoms with E-state index in [1.54, 1.807) is 11.8 Å². The van der Waals surface area contributed by atoms with Crippen molar-refractivity contribution in [3.8, 4) is 0 Å². The molecule has 0 heterocycles. The van der Waals surface area contributed by atoms with E-state index < -0.39 is 12.0 Å². The number of methoxy groups -OCH3 is 1. The second-order valence-electron chi connectivity index (χ2n) is 4.41. The van der Waals surface area contributed by atoms with Gasteiger partial charge < -0.3 is 20.3 Å². The van der Waals surface area contributed by atoms with E-state index in [1.165, 1.54) is 7.11 Å². The maximum Gasteiger partial charge on any atom is 0.328 e. The topological polar surface area (TPSA) is 70.7 Å². The summed E-state index contributed by atoms with van der Waals surface area (Å²) in [4.78, 5) is 25.2. The molecule has 0 fully saturated rings. The van der Waals surface area contributed by atoms with Crippen LogP contribution in [0.15, 0.2) is 0 Å². The quantitative estimate of drug-likeness (QED) is 0.479. The maximum atomic E-state index is 11.6. The average Bonchev–Trinajstić information content (AvgIpc) is 2.38. The third-order valence-corrected chi connectivity index (χ3v) is 3.11. The number of carbonyl (C=O) groups excluding carboxylic acids is 2. The molecule has 0 bridgehead atoms. The number of thioether (sulfide) groups is 1. The molecular formula is C12H25N3O3S. The molecule has 0 aliphatic rings. The van der Waals surface area contributed by atoms with E-state index in [0.717, 1.165) is 18.7 Å². The Morgan fingerprint density at radius 3 is 2.58 bits per heavy atom. The monoisotopic (exact) mass is 291 g/mol. The second-order valence-corrected chi connectivity index (χ2v) is 5.40. The van der Waals surface area contributed by atoms with E-state index in [1.807, 2.05) is 20.4 Å². The summed E-state index contributed by atoms with van der Waals surface area (Å²) < 4.78 is 4.67. The molecule has 112 valence electrons. The normalized spacial score (nSPS) is 12.1. The number of hydrogen-bond acceptors (Lipinski definition) is 5. The Morgan fingerprint density at radius 2 is 2.05 bits per heavy atom. The van der Waals surface area contributed by atoms with Crippen LogP contribution < -0.4 is 10.6 Å². The van der Waals surface area contributed by atoms with Crippen molar-refractivity contribution in [2.75, 3.05) is 46.3 Å². The fourth-order valence-corrected chi connectivity index (χ4v) is 1.90. The summed E-state index contributed by atoms with van der Waals surface area (Å²) in [6.45, 7) is 1.49. The number of amides is 2. The molecule has 0 aromatic rings. The molecule has 0 spiro atoms. The molecule has 1 unspecified atom stereocenters. The van der Waals surface area contributed by atoms with Gasteiger partial charge in [0.2, 0.25) is 0 Å². The molecule has 0 saturated heterocycles. The van der Waals surface area contributed by atoms with Crippen molar-refractivity contribution in [3.63, 3.8) is 0 Å². The molecule has 0 radical (unpaired) electrons. The summed E-state index contributed by atoms with van der Waals surface area (Å²) in [7, 11) is 5.29. The van der Waals surface area contributed by atoms with Crippen molar-refractivity contribution in [2.24, 2.45) is 0 Å². The number of nitrogens with one attached hydrogen (secondary N) is 2. The van der Waals surface area contributed by atoms with Crippen molar-refractivity contribution < 1.29 is 14.3 Å². The Kier molecular flexibility index (Phi) is 10.4. The molecule has 0 saturated carbocycles. The summed E-state index contributed by atoms with van der Waals surface area (Å²) in [5, 5.41) is 5.37. The molecule has 7 heteroatoms. The Hall–Kier alpha value is -0.950. The summed E-state index contributed by atoms with van der Waals surface area (Å²) in [5.74, 6) is 0.387. The summed E-state index contributed by atoms with van der Waals surface area (Å²) in [5.41, 5.74) is 0. The smallest absolute Gasteiger partial charge is 0.328 e.